The Hall–Kier alpha value is -3.46. The average molecular weight is 425 g/mol. The van der Waals surface area contributed by atoms with Crippen LogP contribution in [-0.4, -0.2) is 37.0 Å². The lowest BCUT2D eigenvalue weighted by Gasteiger charge is -2.29. The van der Waals surface area contributed by atoms with Crippen molar-refractivity contribution in [1.82, 2.24) is 15.6 Å². The number of nitrogens with zero attached hydrogens (tertiary/aromatic N) is 1. The van der Waals surface area contributed by atoms with Crippen LogP contribution in [0.25, 0.3) is 11.1 Å². The number of hydrogen-bond acceptors (Lipinski definition) is 7. The van der Waals surface area contributed by atoms with E-state index in [1.165, 1.54) is 18.9 Å². The van der Waals surface area contributed by atoms with Crippen LogP contribution < -0.4 is 15.4 Å². The zero-order chi connectivity index (χ0) is 21.1. The number of nitrogens with one attached hydrogen (secondary N) is 2. The first-order chi connectivity index (χ1) is 14.6. The molecule has 0 fully saturated rings. The number of thioether (sulfide) groups is 1. The van der Waals surface area contributed by atoms with Crippen molar-refractivity contribution >= 4 is 34.9 Å². The molecule has 0 saturated heterocycles. The monoisotopic (exact) mass is 425 g/mol. The smallest absolute Gasteiger partial charge is 0.338 e. The Balaban J connectivity index is 1.68. The molecule has 154 valence electrons. The molecule has 0 bridgehead atoms. The van der Waals surface area contributed by atoms with Crippen LogP contribution in [0, 0.1) is 0 Å². The van der Waals surface area contributed by atoms with Gasteiger partial charge in [-0.25, -0.2) is 14.6 Å². The zero-order valence-corrected chi connectivity index (χ0v) is 17.1. The first-order valence-corrected chi connectivity index (χ1v) is 10.1. The van der Waals surface area contributed by atoms with Crippen molar-refractivity contribution in [1.29, 1.82) is 0 Å². The Labute approximate surface area is 176 Å². The minimum atomic E-state index is -0.680. The predicted octanol–water partition coefficient (Wildman–Crippen LogP) is 3.41. The molecule has 9 heteroatoms. The Morgan fingerprint density at radius 3 is 2.80 bits per heavy atom. The number of urea groups is 1. The normalized spacial score (nSPS) is 16.2. The molecule has 0 spiro atoms. The molecule has 0 saturated carbocycles. The third-order valence-electron chi connectivity index (χ3n) is 4.60. The predicted molar refractivity (Wildman–Crippen MR) is 111 cm³/mol. The van der Waals surface area contributed by atoms with Gasteiger partial charge in [-0.2, -0.15) is 0 Å². The van der Waals surface area contributed by atoms with Gasteiger partial charge in [-0.3, -0.25) is 0 Å². The largest absolute Gasteiger partial charge is 0.497 e. The van der Waals surface area contributed by atoms with Crippen molar-refractivity contribution in [3.8, 4) is 5.75 Å². The quantitative estimate of drug-likeness (QED) is 0.461. The van der Waals surface area contributed by atoms with E-state index in [2.05, 4.69) is 15.6 Å². The van der Waals surface area contributed by atoms with Crippen LogP contribution >= 0.6 is 11.8 Å². The van der Waals surface area contributed by atoms with Crippen molar-refractivity contribution < 1.29 is 23.5 Å². The second-order valence-electron chi connectivity index (χ2n) is 6.43. The number of ether oxygens (including phenoxy) is 2. The van der Waals surface area contributed by atoms with E-state index in [1.807, 2.05) is 30.3 Å². The topological polar surface area (TPSA) is 103 Å². The highest BCUT2D eigenvalue weighted by Crippen LogP contribution is 2.32. The lowest BCUT2D eigenvalue weighted by molar-refractivity contribution is -0.136. The lowest BCUT2D eigenvalue weighted by Crippen LogP contribution is -2.46. The number of aromatic nitrogens is 1. The highest BCUT2D eigenvalue weighted by molar-refractivity contribution is 7.99. The molecule has 1 aliphatic heterocycles. The van der Waals surface area contributed by atoms with Crippen molar-refractivity contribution in [3.63, 3.8) is 0 Å². The van der Waals surface area contributed by atoms with Gasteiger partial charge < -0.3 is 24.5 Å². The number of fused-ring (bicyclic) bond motifs is 1. The maximum Gasteiger partial charge on any atom is 0.338 e. The second kappa shape index (κ2) is 8.50. The third-order valence-corrected chi connectivity index (χ3v) is 5.45. The number of carbonyl (C=O) groups is 2. The van der Waals surface area contributed by atoms with Gasteiger partial charge >= 0.3 is 12.0 Å². The summed E-state index contributed by atoms with van der Waals surface area (Å²) >= 11 is 1.28. The Bertz CT molecular complexity index is 1110. The van der Waals surface area contributed by atoms with E-state index >= 15 is 0 Å². The van der Waals surface area contributed by atoms with E-state index in [0.717, 1.165) is 5.52 Å². The summed E-state index contributed by atoms with van der Waals surface area (Å²) in [5.74, 6) is 0.348. The van der Waals surface area contributed by atoms with Gasteiger partial charge in [0, 0.05) is 11.4 Å². The number of methoxy groups -OCH3 is 2. The summed E-state index contributed by atoms with van der Waals surface area (Å²) in [7, 11) is 2.86. The zero-order valence-electron chi connectivity index (χ0n) is 16.3. The van der Waals surface area contributed by atoms with Gasteiger partial charge in [0.05, 0.1) is 25.8 Å². The second-order valence-corrected chi connectivity index (χ2v) is 7.35. The number of carbonyl (C=O) groups excluding carboxylic acids is 2. The van der Waals surface area contributed by atoms with Gasteiger partial charge in [0.25, 0.3) is 5.22 Å². The van der Waals surface area contributed by atoms with E-state index < -0.39 is 18.0 Å². The Morgan fingerprint density at radius 2 is 2.03 bits per heavy atom. The fourth-order valence-corrected chi connectivity index (χ4v) is 4.01. The molecule has 1 atom stereocenters. The number of rotatable bonds is 6. The van der Waals surface area contributed by atoms with Crippen molar-refractivity contribution in [2.45, 2.75) is 11.3 Å². The van der Waals surface area contributed by atoms with E-state index in [9.17, 15) is 9.59 Å². The molecule has 0 unspecified atom stereocenters. The molecular formula is C21H19N3O5S. The summed E-state index contributed by atoms with van der Waals surface area (Å²) in [5, 5.41) is 5.95. The highest BCUT2D eigenvalue weighted by atomic mass is 32.2. The number of para-hydroxylation sites is 2. The fraction of sp³-hybridized carbons (Fsp3) is 0.190. The molecule has 0 aliphatic carbocycles. The van der Waals surface area contributed by atoms with E-state index in [4.69, 9.17) is 13.9 Å². The minimum absolute atomic E-state index is 0.269. The summed E-state index contributed by atoms with van der Waals surface area (Å²) in [6.45, 7) is 0. The number of benzene rings is 2. The van der Waals surface area contributed by atoms with Crippen molar-refractivity contribution in [2.24, 2.45) is 0 Å². The van der Waals surface area contributed by atoms with Crippen LogP contribution in [0.4, 0.5) is 4.79 Å². The number of amides is 2. The van der Waals surface area contributed by atoms with Gasteiger partial charge in [0.1, 0.15) is 11.3 Å². The maximum atomic E-state index is 12.6. The fourth-order valence-electron chi connectivity index (χ4n) is 3.20. The molecule has 1 aromatic heterocycles. The summed E-state index contributed by atoms with van der Waals surface area (Å²) < 4.78 is 16.0. The van der Waals surface area contributed by atoms with Crippen LogP contribution in [0.1, 0.15) is 11.6 Å². The Morgan fingerprint density at radius 1 is 1.20 bits per heavy atom. The van der Waals surface area contributed by atoms with Crippen LogP contribution in [0.3, 0.4) is 0 Å². The van der Waals surface area contributed by atoms with Crippen molar-refractivity contribution in [2.75, 3.05) is 20.0 Å². The minimum Gasteiger partial charge on any atom is -0.497 e. The van der Waals surface area contributed by atoms with Gasteiger partial charge in [0.15, 0.2) is 5.58 Å². The van der Waals surface area contributed by atoms with E-state index in [0.29, 0.717) is 33.4 Å². The van der Waals surface area contributed by atoms with Gasteiger partial charge in [-0.1, -0.05) is 36.0 Å². The Kier molecular flexibility index (Phi) is 5.62. The first-order valence-electron chi connectivity index (χ1n) is 9.10. The van der Waals surface area contributed by atoms with E-state index in [-0.39, 0.29) is 5.75 Å². The SMILES string of the molecule is COC(=O)C1=C(CSc2nc3ccccc3o2)NC(=O)N[C@H]1c1cccc(OC)c1. The first kappa shape index (κ1) is 19.8. The standard InChI is InChI=1S/C21H19N3O5S/c1-27-13-7-5-6-12(10-13)18-17(19(25)28-2)15(22-20(26)24-18)11-30-21-23-14-8-3-4-9-16(14)29-21/h3-10,18H,11H2,1-2H3,(H2,22,24,26)/t18-/m0/s1. The summed E-state index contributed by atoms with van der Waals surface area (Å²) in [6, 6.07) is 13.5. The number of esters is 1. The van der Waals surface area contributed by atoms with Gasteiger partial charge in [-0.05, 0) is 29.8 Å². The van der Waals surface area contributed by atoms with Gasteiger partial charge in [-0.15, -0.1) is 0 Å². The molecule has 30 heavy (non-hydrogen) atoms. The molecular weight excluding hydrogens is 406 g/mol. The van der Waals surface area contributed by atoms with Gasteiger partial charge in [0.2, 0.25) is 0 Å². The van der Waals surface area contributed by atoms with E-state index in [1.54, 1.807) is 25.3 Å². The van der Waals surface area contributed by atoms with Crippen molar-refractivity contribution in [3.05, 3.63) is 65.4 Å². The molecule has 2 amide bonds. The molecule has 2 heterocycles. The molecule has 0 radical (unpaired) electrons. The molecule has 4 rings (SSSR count). The molecule has 2 aromatic carbocycles. The van der Waals surface area contributed by atoms with Crippen LogP contribution in [0.15, 0.2) is 69.4 Å². The lowest BCUT2D eigenvalue weighted by atomic mass is 9.95. The maximum absolute atomic E-state index is 12.6. The summed E-state index contributed by atoms with van der Waals surface area (Å²) in [4.78, 5) is 29.4. The summed E-state index contributed by atoms with van der Waals surface area (Å²) in [5.41, 5.74) is 2.87. The number of hydrogen-bond donors (Lipinski definition) is 2. The molecule has 1 aliphatic rings. The average Bonchev–Trinajstić information content (AvgIpc) is 3.20. The highest BCUT2D eigenvalue weighted by Gasteiger charge is 2.33. The van der Waals surface area contributed by atoms with Crippen LogP contribution in [0.5, 0.6) is 5.75 Å². The molecule has 3 aromatic rings. The molecule has 8 nitrogen and oxygen atoms in total. The van der Waals surface area contributed by atoms with Crippen LogP contribution in [0.2, 0.25) is 0 Å². The molecule has 2 N–H and O–H groups in total. The van der Waals surface area contributed by atoms with Crippen LogP contribution in [-0.2, 0) is 9.53 Å². The third kappa shape index (κ3) is 3.97. The summed E-state index contributed by atoms with van der Waals surface area (Å²) in [6.07, 6.45) is 0. The number of oxazole rings is 1.